The van der Waals surface area contributed by atoms with Crippen molar-refractivity contribution in [2.24, 2.45) is 11.8 Å². The summed E-state index contributed by atoms with van der Waals surface area (Å²) in [5.74, 6) is 0.181. The highest BCUT2D eigenvalue weighted by molar-refractivity contribution is 7.89. The number of sulfonamides is 1. The highest BCUT2D eigenvalue weighted by atomic mass is 35.5. The maximum atomic E-state index is 13.0. The van der Waals surface area contributed by atoms with Gasteiger partial charge in [0, 0.05) is 24.0 Å². The second kappa shape index (κ2) is 8.99. The monoisotopic (exact) mass is 457 g/mol. The summed E-state index contributed by atoms with van der Waals surface area (Å²) < 4.78 is 27.4. The first-order valence-corrected chi connectivity index (χ1v) is 12.3. The van der Waals surface area contributed by atoms with Crippen LogP contribution in [0.1, 0.15) is 42.9 Å². The van der Waals surface area contributed by atoms with Crippen molar-refractivity contribution < 1.29 is 13.2 Å². The van der Waals surface area contributed by atoms with Crippen molar-refractivity contribution in [1.29, 1.82) is 5.26 Å². The number of rotatable bonds is 6. The van der Waals surface area contributed by atoms with Gasteiger partial charge >= 0.3 is 0 Å². The highest BCUT2D eigenvalue weighted by Crippen LogP contribution is 2.41. The van der Waals surface area contributed by atoms with Gasteiger partial charge in [-0.05, 0) is 61.4 Å². The number of halogens is 1. The molecular formula is C23H24ClN3O3S. The third-order valence-electron chi connectivity index (χ3n) is 6.07. The number of nitriles is 1. The lowest BCUT2D eigenvalue weighted by molar-refractivity contribution is -0.127. The maximum absolute atomic E-state index is 13.0. The molecule has 162 valence electrons. The van der Waals surface area contributed by atoms with Crippen LogP contribution in [-0.2, 0) is 14.8 Å². The maximum Gasteiger partial charge on any atom is 0.244 e. The highest BCUT2D eigenvalue weighted by Gasteiger charge is 2.37. The van der Waals surface area contributed by atoms with Gasteiger partial charge in [0.25, 0.3) is 0 Å². The molecule has 0 aromatic heterocycles. The molecule has 1 saturated heterocycles. The summed E-state index contributed by atoms with van der Waals surface area (Å²) >= 11 is 5.99. The number of amides is 1. The van der Waals surface area contributed by atoms with E-state index in [0.29, 0.717) is 23.8 Å². The van der Waals surface area contributed by atoms with Gasteiger partial charge in [0.15, 0.2) is 0 Å². The minimum Gasteiger partial charge on any atom is -0.349 e. The van der Waals surface area contributed by atoms with Gasteiger partial charge in [-0.25, -0.2) is 8.42 Å². The van der Waals surface area contributed by atoms with Gasteiger partial charge in [0.05, 0.1) is 16.5 Å². The van der Waals surface area contributed by atoms with Crippen LogP contribution in [0.5, 0.6) is 0 Å². The van der Waals surface area contributed by atoms with Crippen molar-refractivity contribution in [3.05, 3.63) is 64.7 Å². The largest absolute Gasteiger partial charge is 0.349 e. The fraction of sp³-hybridized carbons (Fsp3) is 0.391. The minimum atomic E-state index is -3.76. The number of piperidine rings is 1. The molecule has 6 nitrogen and oxygen atoms in total. The number of carbonyl (C=O) groups excluding carboxylic acids is 1. The Bertz CT molecular complexity index is 1100. The Morgan fingerprint density at radius 3 is 2.32 bits per heavy atom. The van der Waals surface area contributed by atoms with Crippen molar-refractivity contribution in [3.63, 3.8) is 0 Å². The number of hydrogen-bond acceptors (Lipinski definition) is 4. The molecule has 2 aromatic carbocycles. The first-order valence-electron chi connectivity index (χ1n) is 10.5. The van der Waals surface area contributed by atoms with Crippen LogP contribution < -0.4 is 5.32 Å². The Kier molecular flexibility index (Phi) is 6.33. The summed E-state index contributed by atoms with van der Waals surface area (Å²) in [6.07, 6.45) is 3.08. The average Bonchev–Trinajstić information content (AvgIpc) is 3.63. The van der Waals surface area contributed by atoms with Crippen molar-refractivity contribution in [2.75, 3.05) is 13.1 Å². The zero-order chi connectivity index (χ0) is 22.0. The van der Waals surface area contributed by atoms with E-state index in [2.05, 4.69) is 5.32 Å². The fourth-order valence-electron chi connectivity index (χ4n) is 4.13. The van der Waals surface area contributed by atoms with Gasteiger partial charge in [-0.15, -0.1) is 0 Å². The van der Waals surface area contributed by atoms with Crippen LogP contribution >= 0.6 is 11.6 Å². The normalized spacial score (nSPS) is 18.8. The predicted octanol–water partition coefficient (Wildman–Crippen LogP) is 3.88. The first-order chi connectivity index (χ1) is 14.9. The Hall–Kier alpha value is -2.40. The number of nitrogens with zero attached hydrogens (tertiary/aromatic N) is 2. The molecule has 1 saturated carbocycles. The molecule has 1 aliphatic carbocycles. The van der Waals surface area contributed by atoms with Crippen LogP contribution in [0.4, 0.5) is 0 Å². The van der Waals surface area contributed by atoms with Gasteiger partial charge < -0.3 is 5.32 Å². The van der Waals surface area contributed by atoms with Crippen LogP contribution in [0.2, 0.25) is 5.02 Å². The molecule has 8 heteroatoms. The zero-order valence-electron chi connectivity index (χ0n) is 17.0. The second-order valence-corrected chi connectivity index (χ2v) is 10.5. The van der Waals surface area contributed by atoms with E-state index in [1.807, 2.05) is 30.3 Å². The lowest BCUT2D eigenvalue weighted by Crippen LogP contribution is -2.44. The van der Waals surface area contributed by atoms with Crippen LogP contribution in [0.3, 0.4) is 0 Å². The van der Waals surface area contributed by atoms with Crippen molar-refractivity contribution >= 4 is 27.5 Å². The third kappa shape index (κ3) is 4.77. The van der Waals surface area contributed by atoms with E-state index in [1.165, 1.54) is 16.4 Å². The van der Waals surface area contributed by atoms with E-state index < -0.39 is 10.0 Å². The SMILES string of the molecule is N#Cc1ccccc1S(=O)(=O)N1CCC(C(=O)N[C@@H](c2ccc(Cl)cc2)C2CC2)CC1. The standard InChI is InChI=1S/C23H24ClN3O3S/c24-20-9-7-17(8-10-20)22(16-5-6-16)26-23(28)18-11-13-27(14-12-18)31(29,30)21-4-2-1-3-19(21)15-25/h1-4,7-10,16,18,22H,5-6,11-14H2,(H,26,28)/t22-/m1/s1. The van der Waals surface area contributed by atoms with E-state index in [9.17, 15) is 18.5 Å². The molecule has 2 aromatic rings. The molecule has 1 atom stereocenters. The first kappa shape index (κ1) is 21.8. The molecule has 1 heterocycles. The average molecular weight is 458 g/mol. The van der Waals surface area contributed by atoms with Gasteiger partial charge in [-0.3, -0.25) is 4.79 Å². The van der Waals surface area contributed by atoms with Gasteiger partial charge in [0.1, 0.15) is 6.07 Å². The Labute approximate surface area is 187 Å². The predicted molar refractivity (Wildman–Crippen MR) is 118 cm³/mol. The topological polar surface area (TPSA) is 90.3 Å². The molecule has 0 bridgehead atoms. The van der Waals surface area contributed by atoms with Crippen LogP contribution in [0, 0.1) is 23.2 Å². The van der Waals surface area contributed by atoms with Crippen molar-refractivity contribution in [1.82, 2.24) is 9.62 Å². The number of nitrogens with one attached hydrogen (secondary N) is 1. The molecule has 31 heavy (non-hydrogen) atoms. The smallest absolute Gasteiger partial charge is 0.244 e. The summed E-state index contributed by atoms with van der Waals surface area (Å²) in [7, 11) is -3.76. The summed E-state index contributed by atoms with van der Waals surface area (Å²) in [6.45, 7) is 0.518. The van der Waals surface area contributed by atoms with Crippen LogP contribution in [-0.4, -0.2) is 31.7 Å². The summed E-state index contributed by atoms with van der Waals surface area (Å²) in [5, 5.41) is 13.1. The molecule has 0 unspecified atom stereocenters. The quantitative estimate of drug-likeness (QED) is 0.712. The van der Waals surface area contributed by atoms with Gasteiger partial charge in [-0.1, -0.05) is 35.9 Å². The number of benzene rings is 2. The van der Waals surface area contributed by atoms with E-state index in [0.717, 1.165) is 18.4 Å². The molecule has 4 rings (SSSR count). The molecule has 0 spiro atoms. The molecule has 1 aliphatic heterocycles. The molecule has 2 fully saturated rings. The third-order valence-corrected chi connectivity index (χ3v) is 8.28. The van der Waals surface area contributed by atoms with Crippen molar-refractivity contribution in [2.45, 2.75) is 36.6 Å². The van der Waals surface area contributed by atoms with Gasteiger partial charge in [-0.2, -0.15) is 9.57 Å². The Balaban J connectivity index is 1.41. The summed E-state index contributed by atoms with van der Waals surface area (Å²) in [4.78, 5) is 13.0. The molecule has 1 N–H and O–H groups in total. The van der Waals surface area contributed by atoms with E-state index >= 15 is 0 Å². The van der Waals surface area contributed by atoms with E-state index in [-0.39, 0.29) is 41.4 Å². The Morgan fingerprint density at radius 1 is 1.06 bits per heavy atom. The van der Waals surface area contributed by atoms with Gasteiger partial charge in [0.2, 0.25) is 15.9 Å². The lowest BCUT2D eigenvalue weighted by Gasteiger charge is -2.31. The number of carbonyl (C=O) groups is 1. The molecule has 1 amide bonds. The van der Waals surface area contributed by atoms with Crippen molar-refractivity contribution in [3.8, 4) is 6.07 Å². The lowest BCUT2D eigenvalue weighted by atomic mass is 9.95. The molecule has 0 radical (unpaired) electrons. The molecular weight excluding hydrogens is 434 g/mol. The Morgan fingerprint density at radius 2 is 1.71 bits per heavy atom. The van der Waals surface area contributed by atoms with Crippen LogP contribution in [0.25, 0.3) is 0 Å². The van der Waals surface area contributed by atoms with E-state index in [4.69, 9.17) is 11.6 Å². The summed E-state index contributed by atoms with van der Waals surface area (Å²) in [6, 6.07) is 15.7. The zero-order valence-corrected chi connectivity index (χ0v) is 18.6. The molecule has 2 aliphatic rings. The van der Waals surface area contributed by atoms with Crippen LogP contribution in [0.15, 0.2) is 53.4 Å². The minimum absolute atomic E-state index is 0.0249. The summed E-state index contributed by atoms with van der Waals surface area (Å²) in [5.41, 5.74) is 1.19. The fourth-order valence-corrected chi connectivity index (χ4v) is 5.86. The number of hydrogen-bond donors (Lipinski definition) is 1. The second-order valence-electron chi connectivity index (χ2n) is 8.16. The van der Waals surface area contributed by atoms with E-state index in [1.54, 1.807) is 12.1 Å².